The van der Waals surface area contributed by atoms with Crippen LogP contribution in [0.1, 0.15) is 11.7 Å². The van der Waals surface area contributed by atoms with E-state index in [1.54, 1.807) is 12.1 Å². The largest absolute Gasteiger partial charge is 0.467 e. The Balaban J connectivity index is 2.26. The Morgan fingerprint density at radius 1 is 1.42 bits per heavy atom. The van der Waals surface area contributed by atoms with E-state index >= 15 is 0 Å². The molecule has 1 aliphatic heterocycles. The van der Waals surface area contributed by atoms with Crippen LogP contribution in [-0.4, -0.2) is 33.3 Å². The number of hydrogen-bond acceptors (Lipinski definition) is 4. The fourth-order valence-electron chi connectivity index (χ4n) is 1.88. The number of aliphatic imine (C=N–C) groups is 1. The number of sulfone groups is 1. The van der Waals surface area contributed by atoms with Crippen LogP contribution in [0.15, 0.2) is 46.8 Å². The standard InChI is InChI=1S/C13H14FNO3S/c1-3-12-15-11(8-14)13(18-12)9-4-6-10(7-5-9)19(2,16)17/h3-7,11,13H,1,8H2,2H3/t11-,13-/m1/s1. The molecule has 1 aliphatic rings. The number of halogens is 1. The first-order chi connectivity index (χ1) is 8.95. The molecule has 0 fully saturated rings. The highest BCUT2D eigenvalue weighted by molar-refractivity contribution is 7.90. The van der Waals surface area contributed by atoms with Gasteiger partial charge in [-0.05, 0) is 23.8 Å². The van der Waals surface area contributed by atoms with Crippen molar-refractivity contribution in [1.29, 1.82) is 0 Å². The first kappa shape index (κ1) is 13.7. The van der Waals surface area contributed by atoms with Gasteiger partial charge in [0.1, 0.15) is 12.7 Å². The van der Waals surface area contributed by atoms with Crippen molar-refractivity contribution in [3.05, 3.63) is 42.5 Å². The van der Waals surface area contributed by atoms with Gasteiger partial charge < -0.3 is 4.74 Å². The van der Waals surface area contributed by atoms with Gasteiger partial charge in [0, 0.05) is 6.26 Å². The molecule has 0 saturated heterocycles. The predicted octanol–water partition coefficient (Wildman–Crippen LogP) is 2.08. The minimum atomic E-state index is -3.24. The van der Waals surface area contributed by atoms with Crippen LogP contribution in [0.5, 0.6) is 0 Å². The van der Waals surface area contributed by atoms with Crippen molar-refractivity contribution in [3.8, 4) is 0 Å². The summed E-state index contributed by atoms with van der Waals surface area (Å²) in [5.74, 6) is 0.305. The van der Waals surface area contributed by atoms with Gasteiger partial charge in [0.2, 0.25) is 5.90 Å². The highest BCUT2D eigenvalue weighted by Gasteiger charge is 2.31. The summed E-state index contributed by atoms with van der Waals surface area (Å²) in [5, 5.41) is 0. The average molecular weight is 283 g/mol. The average Bonchev–Trinajstić information content (AvgIpc) is 2.81. The number of benzene rings is 1. The molecule has 19 heavy (non-hydrogen) atoms. The zero-order chi connectivity index (χ0) is 14.0. The fraction of sp³-hybridized carbons (Fsp3) is 0.308. The number of rotatable bonds is 4. The molecule has 6 heteroatoms. The Kier molecular flexibility index (Phi) is 3.71. The molecular weight excluding hydrogens is 269 g/mol. The Hall–Kier alpha value is -1.69. The summed E-state index contributed by atoms with van der Waals surface area (Å²) in [6.45, 7) is 2.89. The lowest BCUT2D eigenvalue weighted by Gasteiger charge is -2.15. The van der Waals surface area contributed by atoms with Crippen LogP contribution in [0.2, 0.25) is 0 Å². The fourth-order valence-corrected chi connectivity index (χ4v) is 2.51. The molecule has 0 bridgehead atoms. The van der Waals surface area contributed by atoms with E-state index in [1.807, 2.05) is 0 Å². The molecule has 0 radical (unpaired) electrons. The quantitative estimate of drug-likeness (QED) is 0.850. The molecule has 0 N–H and O–H groups in total. The second-order valence-corrected chi connectivity index (χ2v) is 6.29. The SMILES string of the molecule is C=CC1=N[C@H](CF)[C@@H](c2ccc(S(C)(=O)=O)cc2)O1. The van der Waals surface area contributed by atoms with Crippen LogP contribution in [0.3, 0.4) is 0 Å². The maximum absolute atomic E-state index is 12.9. The van der Waals surface area contributed by atoms with Crippen molar-refractivity contribution in [3.63, 3.8) is 0 Å². The van der Waals surface area contributed by atoms with Gasteiger partial charge in [-0.2, -0.15) is 0 Å². The van der Waals surface area contributed by atoms with Gasteiger partial charge in [-0.3, -0.25) is 0 Å². The van der Waals surface area contributed by atoms with E-state index in [4.69, 9.17) is 4.74 Å². The van der Waals surface area contributed by atoms with E-state index in [1.165, 1.54) is 18.2 Å². The monoisotopic (exact) mass is 283 g/mol. The molecule has 0 unspecified atom stereocenters. The lowest BCUT2D eigenvalue weighted by molar-refractivity contribution is 0.181. The zero-order valence-corrected chi connectivity index (χ0v) is 11.2. The third-order valence-corrected chi connectivity index (χ3v) is 3.99. The van der Waals surface area contributed by atoms with Crippen molar-refractivity contribution < 1.29 is 17.5 Å². The summed E-state index contributed by atoms with van der Waals surface area (Å²) < 4.78 is 41.1. The molecular formula is C13H14FNO3S. The summed E-state index contributed by atoms with van der Waals surface area (Å²) in [6.07, 6.45) is 2.02. The zero-order valence-electron chi connectivity index (χ0n) is 10.4. The third kappa shape index (κ3) is 2.84. The first-order valence-corrected chi connectivity index (χ1v) is 7.57. The number of alkyl halides is 1. The van der Waals surface area contributed by atoms with Crippen LogP contribution >= 0.6 is 0 Å². The van der Waals surface area contributed by atoms with Crippen LogP contribution < -0.4 is 0 Å². The van der Waals surface area contributed by atoms with E-state index in [-0.39, 0.29) is 4.90 Å². The summed E-state index contributed by atoms with van der Waals surface area (Å²) in [4.78, 5) is 4.26. The van der Waals surface area contributed by atoms with Gasteiger partial charge >= 0.3 is 0 Å². The van der Waals surface area contributed by atoms with Gasteiger partial charge in [0.25, 0.3) is 0 Å². The highest BCUT2D eigenvalue weighted by atomic mass is 32.2. The summed E-state index contributed by atoms with van der Waals surface area (Å²) in [7, 11) is -3.24. The highest BCUT2D eigenvalue weighted by Crippen LogP contribution is 2.30. The Morgan fingerprint density at radius 3 is 2.53 bits per heavy atom. The maximum Gasteiger partial charge on any atom is 0.209 e. The molecule has 0 aliphatic carbocycles. The second-order valence-electron chi connectivity index (χ2n) is 4.27. The second kappa shape index (κ2) is 5.13. The van der Waals surface area contributed by atoms with Gasteiger partial charge in [0.15, 0.2) is 15.9 Å². The molecule has 0 spiro atoms. The van der Waals surface area contributed by atoms with Gasteiger partial charge in [0.05, 0.1) is 4.90 Å². The van der Waals surface area contributed by atoms with Crippen LogP contribution in [0.4, 0.5) is 4.39 Å². The van der Waals surface area contributed by atoms with E-state index in [0.717, 1.165) is 6.26 Å². The topological polar surface area (TPSA) is 55.7 Å². The minimum absolute atomic E-state index is 0.218. The first-order valence-electron chi connectivity index (χ1n) is 5.68. The molecule has 1 aromatic rings. The van der Waals surface area contributed by atoms with Crippen LogP contribution in [0, 0.1) is 0 Å². The summed E-state index contributed by atoms with van der Waals surface area (Å²) >= 11 is 0. The predicted molar refractivity (Wildman–Crippen MR) is 70.8 cm³/mol. The van der Waals surface area contributed by atoms with Crippen molar-refractivity contribution in [2.75, 3.05) is 12.9 Å². The summed E-state index contributed by atoms with van der Waals surface area (Å²) in [6, 6.07) is 5.58. The molecule has 2 atom stereocenters. The number of hydrogen-bond donors (Lipinski definition) is 0. The smallest absolute Gasteiger partial charge is 0.209 e. The van der Waals surface area contributed by atoms with Gasteiger partial charge in [-0.1, -0.05) is 18.7 Å². The van der Waals surface area contributed by atoms with Gasteiger partial charge in [-0.15, -0.1) is 0 Å². The lowest BCUT2D eigenvalue weighted by Crippen LogP contribution is -2.16. The van der Waals surface area contributed by atoms with Crippen LogP contribution in [0.25, 0.3) is 0 Å². The van der Waals surface area contributed by atoms with Crippen molar-refractivity contribution in [2.24, 2.45) is 4.99 Å². The third-order valence-electron chi connectivity index (χ3n) is 2.86. The van der Waals surface area contributed by atoms with Gasteiger partial charge in [-0.25, -0.2) is 17.8 Å². The van der Waals surface area contributed by atoms with Crippen molar-refractivity contribution in [1.82, 2.24) is 0 Å². The number of nitrogens with zero attached hydrogens (tertiary/aromatic N) is 1. The minimum Gasteiger partial charge on any atom is -0.467 e. The van der Waals surface area contributed by atoms with E-state index in [2.05, 4.69) is 11.6 Å². The Morgan fingerprint density at radius 2 is 2.05 bits per heavy atom. The Labute approximate surface area is 111 Å². The lowest BCUT2D eigenvalue weighted by atomic mass is 10.0. The molecule has 102 valence electrons. The normalized spacial score (nSPS) is 22.7. The van der Waals surface area contributed by atoms with E-state index < -0.39 is 28.7 Å². The van der Waals surface area contributed by atoms with Crippen molar-refractivity contribution >= 4 is 15.7 Å². The number of ether oxygens (including phenoxy) is 1. The molecule has 0 aromatic heterocycles. The molecule has 2 rings (SSSR count). The Bertz CT molecular complexity index is 607. The maximum atomic E-state index is 12.9. The van der Waals surface area contributed by atoms with Crippen LogP contribution in [-0.2, 0) is 14.6 Å². The molecule has 1 heterocycles. The van der Waals surface area contributed by atoms with Crippen molar-refractivity contribution in [2.45, 2.75) is 17.0 Å². The summed E-state index contributed by atoms with van der Waals surface area (Å²) in [5.41, 5.74) is 0.690. The molecule has 1 aromatic carbocycles. The van der Waals surface area contributed by atoms with E-state index in [0.29, 0.717) is 11.5 Å². The molecule has 0 saturated carbocycles. The molecule has 0 amide bonds. The van der Waals surface area contributed by atoms with E-state index in [9.17, 15) is 12.8 Å². The molecule has 4 nitrogen and oxygen atoms in total.